The van der Waals surface area contributed by atoms with Crippen LogP contribution >= 0.6 is 0 Å². The van der Waals surface area contributed by atoms with Gasteiger partial charge in [0.2, 0.25) is 10.0 Å². The van der Waals surface area contributed by atoms with Gasteiger partial charge in [-0.25, -0.2) is 8.42 Å². The Kier molecular flexibility index (Phi) is 4.72. The van der Waals surface area contributed by atoms with Crippen LogP contribution < -0.4 is 4.90 Å². The van der Waals surface area contributed by atoms with Crippen molar-refractivity contribution in [2.45, 2.75) is 24.7 Å². The summed E-state index contributed by atoms with van der Waals surface area (Å²) >= 11 is 0. The van der Waals surface area contributed by atoms with Crippen molar-refractivity contribution in [1.29, 1.82) is 0 Å². The maximum Gasteiger partial charge on any atom is 0.293 e. The summed E-state index contributed by atoms with van der Waals surface area (Å²) in [6, 6.07) is 4.08. The van der Waals surface area contributed by atoms with Crippen LogP contribution in [0.15, 0.2) is 23.1 Å². The van der Waals surface area contributed by atoms with Crippen molar-refractivity contribution in [3.8, 4) is 0 Å². The van der Waals surface area contributed by atoms with Gasteiger partial charge in [0.1, 0.15) is 5.69 Å². The topological polar surface area (TPSA) is 83.8 Å². The van der Waals surface area contributed by atoms with Gasteiger partial charge in [-0.15, -0.1) is 0 Å². The second kappa shape index (κ2) is 6.21. The fourth-order valence-corrected chi connectivity index (χ4v) is 4.05. The van der Waals surface area contributed by atoms with Crippen LogP contribution in [0.1, 0.15) is 19.8 Å². The van der Waals surface area contributed by atoms with Gasteiger partial charge in [0.15, 0.2) is 0 Å². The van der Waals surface area contributed by atoms with E-state index in [2.05, 4.69) is 6.92 Å². The Morgan fingerprint density at radius 3 is 2.36 bits per heavy atom. The van der Waals surface area contributed by atoms with E-state index in [4.69, 9.17) is 0 Å². The van der Waals surface area contributed by atoms with E-state index in [-0.39, 0.29) is 10.6 Å². The predicted molar refractivity (Wildman–Crippen MR) is 84.6 cm³/mol. The normalized spacial score (nSPS) is 17.4. The van der Waals surface area contributed by atoms with Gasteiger partial charge in [0.25, 0.3) is 5.69 Å². The van der Waals surface area contributed by atoms with Gasteiger partial charge in [-0.3, -0.25) is 10.1 Å². The van der Waals surface area contributed by atoms with Crippen molar-refractivity contribution in [3.05, 3.63) is 28.3 Å². The second-order valence-electron chi connectivity index (χ2n) is 5.89. The summed E-state index contributed by atoms with van der Waals surface area (Å²) in [5, 5.41) is 11.2. The van der Waals surface area contributed by atoms with Gasteiger partial charge >= 0.3 is 0 Å². The molecule has 22 heavy (non-hydrogen) atoms. The summed E-state index contributed by atoms with van der Waals surface area (Å²) in [7, 11) is -0.307. The quantitative estimate of drug-likeness (QED) is 0.624. The van der Waals surface area contributed by atoms with Crippen molar-refractivity contribution < 1.29 is 13.3 Å². The lowest BCUT2D eigenvalue weighted by molar-refractivity contribution is -0.384. The fraction of sp³-hybridized carbons (Fsp3) is 0.571. The van der Waals surface area contributed by atoms with E-state index < -0.39 is 14.9 Å². The SMILES string of the molecule is CC1CCN(S(=O)(=O)c2ccc(N(C)C)c([N+](=O)[O-])c2)CC1. The zero-order chi connectivity index (χ0) is 16.5. The van der Waals surface area contributed by atoms with Gasteiger partial charge in [0, 0.05) is 33.3 Å². The third-order valence-corrected chi connectivity index (χ3v) is 5.90. The van der Waals surface area contributed by atoms with Crippen molar-refractivity contribution in [3.63, 3.8) is 0 Å². The van der Waals surface area contributed by atoms with E-state index >= 15 is 0 Å². The minimum atomic E-state index is -3.67. The molecule has 122 valence electrons. The molecule has 1 fully saturated rings. The number of benzene rings is 1. The van der Waals surface area contributed by atoms with Crippen LogP contribution in [0, 0.1) is 16.0 Å². The first kappa shape index (κ1) is 16.7. The number of hydrogen-bond acceptors (Lipinski definition) is 5. The van der Waals surface area contributed by atoms with E-state index in [1.165, 1.54) is 16.4 Å². The van der Waals surface area contributed by atoms with Gasteiger partial charge in [-0.05, 0) is 30.9 Å². The highest BCUT2D eigenvalue weighted by Gasteiger charge is 2.30. The average Bonchev–Trinajstić information content (AvgIpc) is 2.46. The molecule has 0 amide bonds. The first-order valence-corrected chi connectivity index (χ1v) is 8.63. The molecule has 0 N–H and O–H groups in total. The molecule has 2 rings (SSSR count). The molecule has 0 spiro atoms. The highest BCUT2D eigenvalue weighted by Crippen LogP contribution is 2.31. The number of nitrogens with zero attached hydrogens (tertiary/aromatic N) is 3. The number of hydrogen-bond donors (Lipinski definition) is 0. The Hall–Kier alpha value is -1.67. The number of sulfonamides is 1. The largest absolute Gasteiger partial charge is 0.372 e. The molecule has 0 radical (unpaired) electrons. The minimum Gasteiger partial charge on any atom is -0.372 e. The Labute approximate surface area is 130 Å². The average molecular weight is 327 g/mol. The van der Waals surface area contributed by atoms with Crippen LogP contribution in [0.2, 0.25) is 0 Å². The first-order chi connectivity index (χ1) is 10.2. The Bertz CT molecular complexity index is 665. The van der Waals surface area contributed by atoms with Crippen LogP contribution in [0.4, 0.5) is 11.4 Å². The van der Waals surface area contributed by atoms with E-state index in [0.29, 0.717) is 24.7 Å². The molecule has 0 saturated carbocycles. The highest BCUT2D eigenvalue weighted by molar-refractivity contribution is 7.89. The molecule has 1 heterocycles. The zero-order valence-electron chi connectivity index (χ0n) is 13.0. The summed E-state index contributed by atoms with van der Waals surface area (Å²) < 4.78 is 26.7. The third kappa shape index (κ3) is 3.22. The molecule has 0 atom stereocenters. The van der Waals surface area contributed by atoms with E-state index in [1.54, 1.807) is 19.0 Å². The summed E-state index contributed by atoms with van der Waals surface area (Å²) in [6.45, 7) is 3.03. The summed E-state index contributed by atoms with van der Waals surface area (Å²) in [4.78, 5) is 12.2. The summed E-state index contributed by atoms with van der Waals surface area (Å²) in [5.41, 5.74) is 0.188. The molecule has 8 heteroatoms. The number of nitro benzene ring substituents is 1. The Balaban J connectivity index is 2.39. The van der Waals surface area contributed by atoms with E-state index in [9.17, 15) is 18.5 Å². The van der Waals surface area contributed by atoms with E-state index in [1.807, 2.05) is 0 Å². The summed E-state index contributed by atoms with van der Waals surface area (Å²) in [6.07, 6.45) is 1.63. The van der Waals surface area contributed by atoms with Crippen molar-refractivity contribution in [2.75, 3.05) is 32.1 Å². The Morgan fingerprint density at radius 2 is 1.86 bits per heavy atom. The maximum atomic E-state index is 12.6. The van der Waals surface area contributed by atoms with Crippen LogP contribution in [0.5, 0.6) is 0 Å². The molecule has 1 saturated heterocycles. The van der Waals surface area contributed by atoms with Crippen LogP contribution in [-0.4, -0.2) is 44.8 Å². The molecule has 1 aromatic carbocycles. The second-order valence-corrected chi connectivity index (χ2v) is 7.83. The van der Waals surface area contributed by atoms with Gasteiger partial charge < -0.3 is 4.90 Å². The predicted octanol–water partition coefficient (Wildman–Crippen LogP) is 2.08. The standard InChI is InChI=1S/C14H21N3O4S/c1-11-6-8-16(9-7-11)22(20,21)12-4-5-13(15(2)3)14(10-12)17(18)19/h4-5,10-11H,6-9H2,1-3H3. The lowest BCUT2D eigenvalue weighted by atomic mass is 10.0. The van der Waals surface area contributed by atoms with Crippen LogP contribution in [0.3, 0.4) is 0 Å². The molecular weight excluding hydrogens is 306 g/mol. The van der Waals surface area contributed by atoms with Gasteiger partial charge in [-0.2, -0.15) is 4.31 Å². The van der Waals surface area contributed by atoms with Gasteiger partial charge in [-0.1, -0.05) is 6.92 Å². The fourth-order valence-electron chi connectivity index (χ4n) is 2.56. The van der Waals surface area contributed by atoms with Gasteiger partial charge in [0.05, 0.1) is 9.82 Å². The minimum absolute atomic E-state index is 0.0145. The molecule has 0 aliphatic carbocycles. The zero-order valence-corrected chi connectivity index (χ0v) is 13.8. The number of nitro groups is 1. The van der Waals surface area contributed by atoms with Crippen molar-refractivity contribution >= 4 is 21.4 Å². The number of piperidine rings is 1. The van der Waals surface area contributed by atoms with Crippen molar-refractivity contribution in [1.82, 2.24) is 4.31 Å². The van der Waals surface area contributed by atoms with E-state index in [0.717, 1.165) is 18.9 Å². The lowest BCUT2D eigenvalue weighted by Gasteiger charge is -2.29. The maximum absolute atomic E-state index is 12.6. The Morgan fingerprint density at radius 1 is 1.27 bits per heavy atom. The first-order valence-electron chi connectivity index (χ1n) is 7.19. The highest BCUT2D eigenvalue weighted by atomic mass is 32.2. The molecule has 1 aromatic rings. The molecule has 1 aliphatic rings. The van der Waals surface area contributed by atoms with Crippen molar-refractivity contribution in [2.24, 2.45) is 5.92 Å². The monoisotopic (exact) mass is 327 g/mol. The lowest BCUT2D eigenvalue weighted by Crippen LogP contribution is -2.37. The number of rotatable bonds is 4. The number of anilines is 1. The smallest absolute Gasteiger partial charge is 0.293 e. The molecule has 7 nitrogen and oxygen atoms in total. The van der Waals surface area contributed by atoms with Crippen LogP contribution in [0.25, 0.3) is 0 Å². The van der Waals surface area contributed by atoms with Crippen LogP contribution in [-0.2, 0) is 10.0 Å². The molecule has 1 aliphatic heterocycles. The summed E-state index contributed by atoms with van der Waals surface area (Å²) in [5.74, 6) is 0.511. The molecular formula is C14H21N3O4S. The molecule has 0 aromatic heterocycles. The molecule has 0 bridgehead atoms. The molecule has 0 unspecified atom stereocenters. The third-order valence-electron chi connectivity index (χ3n) is 4.01.